The molecule has 0 aliphatic carbocycles. The molecule has 3 aromatic rings. The van der Waals surface area contributed by atoms with Gasteiger partial charge in [-0.1, -0.05) is 30.3 Å². The average Bonchev–Trinajstić information content (AvgIpc) is 2.96. The zero-order valence-electron chi connectivity index (χ0n) is 12.1. The lowest BCUT2D eigenvalue weighted by Crippen LogP contribution is -2.23. The summed E-state index contributed by atoms with van der Waals surface area (Å²) in [6.45, 7) is 0.291. The van der Waals surface area contributed by atoms with E-state index in [-0.39, 0.29) is 10.8 Å². The Morgan fingerprint density at radius 2 is 1.78 bits per heavy atom. The highest BCUT2D eigenvalue weighted by Crippen LogP contribution is 2.14. The first-order chi connectivity index (χ1) is 10.9. The third kappa shape index (κ3) is 3.41. The van der Waals surface area contributed by atoms with Crippen molar-refractivity contribution in [3.8, 4) is 0 Å². The van der Waals surface area contributed by atoms with Gasteiger partial charge in [-0.25, -0.2) is 13.6 Å². The first kappa shape index (κ1) is 15.3. The number of nitrogens with one attached hydrogen (secondary N) is 2. The van der Waals surface area contributed by atoms with Gasteiger partial charge in [-0.3, -0.25) is 4.79 Å². The van der Waals surface area contributed by atoms with Crippen LogP contribution >= 0.6 is 0 Å². The number of rotatable bonds is 4. The molecule has 0 saturated heterocycles. The van der Waals surface area contributed by atoms with Crippen molar-refractivity contribution in [1.29, 1.82) is 0 Å². The Morgan fingerprint density at radius 3 is 2.43 bits per heavy atom. The second kappa shape index (κ2) is 5.86. The summed E-state index contributed by atoms with van der Waals surface area (Å²) in [6, 6.07) is 15.5. The van der Waals surface area contributed by atoms with Crippen molar-refractivity contribution >= 4 is 26.8 Å². The number of aromatic nitrogens is 1. The van der Waals surface area contributed by atoms with Gasteiger partial charge in [0, 0.05) is 17.4 Å². The predicted octanol–water partition coefficient (Wildman–Crippen LogP) is 1.75. The number of para-hydroxylation sites is 1. The lowest BCUT2D eigenvalue weighted by Gasteiger charge is -2.05. The Kier molecular flexibility index (Phi) is 3.89. The number of carbonyl (C=O) groups excluding carboxylic acids is 1. The number of hydrogen-bond acceptors (Lipinski definition) is 3. The number of H-pyrrole nitrogens is 1. The second-order valence-electron chi connectivity index (χ2n) is 5.14. The highest BCUT2D eigenvalue weighted by atomic mass is 32.2. The molecule has 2 aromatic carbocycles. The standard InChI is InChI=1S/C16H15N3O3S/c17-23(21,22)13-7-5-11(6-8-13)10-18-16(20)15-9-12-3-1-2-4-14(12)19-15/h1-9,19H,10H2,(H,18,20)(H2,17,21,22). The van der Waals surface area contributed by atoms with Crippen molar-refractivity contribution in [2.75, 3.05) is 0 Å². The summed E-state index contributed by atoms with van der Waals surface area (Å²) in [5.41, 5.74) is 2.16. The molecule has 0 aliphatic rings. The SMILES string of the molecule is NS(=O)(=O)c1ccc(CNC(=O)c2cc3ccccc3[nH]2)cc1. The smallest absolute Gasteiger partial charge is 0.267 e. The van der Waals surface area contributed by atoms with Gasteiger partial charge in [-0.05, 0) is 29.8 Å². The molecule has 0 spiro atoms. The summed E-state index contributed by atoms with van der Waals surface area (Å²) in [6.07, 6.45) is 0. The summed E-state index contributed by atoms with van der Waals surface area (Å²) in [5.74, 6) is -0.225. The van der Waals surface area contributed by atoms with E-state index in [0.717, 1.165) is 16.5 Å². The Balaban J connectivity index is 1.69. The number of hydrogen-bond donors (Lipinski definition) is 3. The molecule has 7 heteroatoms. The van der Waals surface area contributed by atoms with Crippen molar-refractivity contribution in [2.24, 2.45) is 5.14 Å². The summed E-state index contributed by atoms with van der Waals surface area (Å²) in [5, 5.41) is 8.79. The highest BCUT2D eigenvalue weighted by Gasteiger charge is 2.10. The fourth-order valence-electron chi connectivity index (χ4n) is 2.27. The number of benzene rings is 2. The monoisotopic (exact) mass is 329 g/mol. The van der Waals surface area contributed by atoms with Crippen LogP contribution in [-0.2, 0) is 16.6 Å². The van der Waals surface area contributed by atoms with Crippen molar-refractivity contribution < 1.29 is 13.2 Å². The molecule has 1 aromatic heterocycles. The molecule has 0 radical (unpaired) electrons. The Bertz CT molecular complexity index is 927. The summed E-state index contributed by atoms with van der Waals surface area (Å²) < 4.78 is 22.4. The number of nitrogens with two attached hydrogens (primary N) is 1. The normalized spacial score (nSPS) is 11.5. The third-order valence-corrected chi connectivity index (χ3v) is 4.41. The van der Waals surface area contributed by atoms with Crippen LogP contribution in [0.5, 0.6) is 0 Å². The fourth-order valence-corrected chi connectivity index (χ4v) is 2.79. The van der Waals surface area contributed by atoms with Crippen LogP contribution < -0.4 is 10.5 Å². The Labute approximate surface area is 133 Å². The van der Waals surface area contributed by atoms with E-state index < -0.39 is 10.0 Å². The van der Waals surface area contributed by atoms with E-state index in [1.807, 2.05) is 24.3 Å². The molecule has 0 unspecified atom stereocenters. The van der Waals surface area contributed by atoms with Gasteiger partial charge < -0.3 is 10.3 Å². The van der Waals surface area contributed by atoms with Gasteiger partial charge in [0.25, 0.3) is 5.91 Å². The Hall–Kier alpha value is -2.64. The molecule has 3 rings (SSSR count). The fraction of sp³-hybridized carbons (Fsp3) is 0.0625. The number of amides is 1. The van der Waals surface area contributed by atoms with Crippen LogP contribution in [0.2, 0.25) is 0 Å². The molecular weight excluding hydrogens is 314 g/mol. The maximum atomic E-state index is 12.2. The molecule has 1 heterocycles. The van der Waals surface area contributed by atoms with Crippen molar-refractivity contribution in [1.82, 2.24) is 10.3 Å². The number of aromatic amines is 1. The van der Waals surface area contributed by atoms with E-state index in [1.165, 1.54) is 12.1 Å². The molecule has 0 fully saturated rings. The van der Waals surface area contributed by atoms with E-state index >= 15 is 0 Å². The van der Waals surface area contributed by atoms with Gasteiger partial charge in [0.1, 0.15) is 5.69 Å². The van der Waals surface area contributed by atoms with Crippen LogP contribution in [0, 0.1) is 0 Å². The van der Waals surface area contributed by atoms with E-state index in [0.29, 0.717) is 12.2 Å². The second-order valence-corrected chi connectivity index (χ2v) is 6.70. The van der Waals surface area contributed by atoms with E-state index in [4.69, 9.17) is 5.14 Å². The molecule has 4 N–H and O–H groups in total. The van der Waals surface area contributed by atoms with Gasteiger partial charge in [-0.15, -0.1) is 0 Å². The zero-order chi connectivity index (χ0) is 16.4. The number of fused-ring (bicyclic) bond motifs is 1. The highest BCUT2D eigenvalue weighted by molar-refractivity contribution is 7.89. The van der Waals surface area contributed by atoms with Crippen LogP contribution in [0.1, 0.15) is 16.1 Å². The van der Waals surface area contributed by atoms with Crippen molar-refractivity contribution in [3.63, 3.8) is 0 Å². The first-order valence-corrected chi connectivity index (χ1v) is 8.46. The van der Waals surface area contributed by atoms with Crippen LogP contribution in [0.25, 0.3) is 10.9 Å². The molecule has 118 valence electrons. The lowest BCUT2D eigenvalue weighted by molar-refractivity contribution is 0.0946. The molecule has 0 saturated carbocycles. The molecule has 0 bridgehead atoms. The van der Waals surface area contributed by atoms with Gasteiger partial charge in [0.2, 0.25) is 10.0 Å². The number of sulfonamides is 1. The predicted molar refractivity (Wildman–Crippen MR) is 87.3 cm³/mol. The topological polar surface area (TPSA) is 105 Å². The van der Waals surface area contributed by atoms with Crippen LogP contribution in [0.3, 0.4) is 0 Å². The molecule has 23 heavy (non-hydrogen) atoms. The van der Waals surface area contributed by atoms with Gasteiger partial charge in [0.05, 0.1) is 4.90 Å². The molecule has 1 amide bonds. The van der Waals surface area contributed by atoms with E-state index in [1.54, 1.807) is 18.2 Å². The van der Waals surface area contributed by atoms with Crippen LogP contribution in [0.15, 0.2) is 59.5 Å². The molecule has 6 nitrogen and oxygen atoms in total. The van der Waals surface area contributed by atoms with Gasteiger partial charge in [0.15, 0.2) is 0 Å². The van der Waals surface area contributed by atoms with Crippen molar-refractivity contribution in [3.05, 3.63) is 65.9 Å². The molecule has 0 atom stereocenters. The summed E-state index contributed by atoms with van der Waals surface area (Å²) >= 11 is 0. The summed E-state index contributed by atoms with van der Waals surface area (Å²) in [7, 11) is -3.70. The van der Waals surface area contributed by atoms with Crippen LogP contribution in [-0.4, -0.2) is 19.3 Å². The minimum absolute atomic E-state index is 0.0446. The van der Waals surface area contributed by atoms with E-state index in [2.05, 4.69) is 10.3 Å². The summed E-state index contributed by atoms with van der Waals surface area (Å²) in [4.78, 5) is 15.3. The number of primary sulfonamides is 1. The Morgan fingerprint density at radius 1 is 1.09 bits per heavy atom. The largest absolute Gasteiger partial charge is 0.351 e. The van der Waals surface area contributed by atoms with Gasteiger partial charge >= 0.3 is 0 Å². The third-order valence-electron chi connectivity index (χ3n) is 3.48. The maximum absolute atomic E-state index is 12.2. The first-order valence-electron chi connectivity index (χ1n) is 6.91. The van der Waals surface area contributed by atoms with Gasteiger partial charge in [-0.2, -0.15) is 0 Å². The zero-order valence-corrected chi connectivity index (χ0v) is 12.9. The lowest BCUT2D eigenvalue weighted by atomic mass is 10.2. The van der Waals surface area contributed by atoms with E-state index in [9.17, 15) is 13.2 Å². The minimum atomic E-state index is -3.70. The average molecular weight is 329 g/mol. The molecule has 0 aliphatic heterocycles. The molecular formula is C16H15N3O3S. The van der Waals surface area contributed by atoms with Crippen LogP contribution in [0.4, 0.5) is 0 Å². The van der Waals surface area contributed by atoms with Crippen molar-refractivity contribution in [2.45, 2.75) is 11.4 Å². The quantitative estimate of drug-likeness (QED) is 0.679. The minimum Gasteiger partial charge on any atom is -0.351 e. The number of carbonyl (C=O) groups is 1. The maximum Gasteiger partial charge on any atom is 0.267 e.